The van der Waals surface area contributed by atoms with Crippen LogP contribution < -0.4 is 0 Å². The average molecular weight is 843 g/mol. The standard InChI is InChI=1S/C54H98O6/c1-4-7-10-13-16-19-22-25-28-31-34-37-40-43-46-52(55)58-49-51(60-54(57)48-45-42-39-36-33-30-27-24-21-18-15-12-9-6-3)50-59-53(56)47-44-41-38-35-32-29-26-23-20-17-14-11-8-5-2/h7,10,16,19,25,28,51H,4-6,8-9,11-15,17-18,20-24,26-27,29-50H2,1-3H3/b10-7-,19-16-,28-25-. The number of unbranched alkanes of at least 4 members (excludes halogenated alkanes) is 30. The SMILES string of the molecule is CC/C=C\C/C=C\C/C=C\CCCCCCC(=O)OCC(COC(=O)CCCCCCCCCCCCCCCC)OC(=O)CCCCCCCCCCCCCCCC. The van der Waals surface area contributed by atoms with Crippen LogP contribution in [0.1, 0.15) is 271 Å². The van der Waals surface area contributed by atoms with Gasteiger partial charge in [0.25, 0.3) is 0 Å². The van der Waals surface area contributed by atoms with Gasteiger partial charge in [0.15, 0.2) is 6.10 Å². The number of allylic oxidation sites excluding steroid dienone is 6. The van der Waals surface area contributed by atoms with Crippen molar-refractivity contribution in [1.82, 2.24) is 0 Å². The van der Waals surface area contributed by atoms with E-state index in [-0.39, 0.29) is 31.1 Å². The molecule has 0 aromatic rings. The minimum atomic E-state index is -0.775. The molecule has 0 aliphatic heterocycles. The highest BCUT2D eigenvalue weighted by Crippen LogP contribution is 2.16. The number of carbonyl (C=O) groups is 3. The molecular formula is C54H98O6. The summed E-state index contributed by atoms with van der Waals surface area (Å²) >= 11 is 0. The quantitative estimate of drug-likeness (QED) is 0.0263. The van der Waals surface area contributed by atoms with Gasteiger partial charge in [-0.25, -0.2) is 0 Å². The van der Waals surface area contributed by atoms with Crippen molar-refractivity contribution >= 4 is 17.9 Å². The van der Waals surface area contributed by atoms with Crippen LogP contribution in [0.15, 0.2) is 36.5 Å². The summed E-state index contributed by atoms with van der Waals surface area (Å²) in [5.41, 5.74) is 0. The molecule has 0 aliphatic rings. The van der Waals surface area contributed by atoms with Gasteiger partial charge in [0.1, 0.15) is 13.2 Å². The molecule has 0 rings (SSSR count). The minimum absolute atomic E-state index is 0.0750. The van der Waals surface area contributed by atoms with Gasteiger partial charge in [0.05, 0.1) is 0 Å². The van der Waals surface area contributed by atoms with Crippen LogP contribution in [0.2, 0.25) is 0 Å². The molecule has 60 heavy (non-hydrogen) atoms. The van der Waals surface area contributed by atoms with Gasteiger partial charge in [0.2, 0.25) is 0 Å². The van der Waals surface area contributed by atoms with Crippen LogP contribution in [0.5, 0.6) is 0 Å². The van der Waals surface area contributed by atoms with Crippen LogP contribution in [-0.4, -0.2) is 37.2 Å². The summed E-state index contributed by atoms with van der Waals surface area (Å²) in [4.78, 5) is 38.0. The van der Waals surface area contributed by atoms with Crippen LogP contribution in [-0.2, 0) is 28.6 Å². The molecule has 0 saturated carbocycles. The van der Waals surface area contributed by atoms with Crippen molar-refractivity contribution in [1.29, 1.82) is 0 Å². The molecule has 350 valence electrons. The summed E-state index contributed by atoms with van der Waals surface area (Å²) in [6.07, 6.45) is 56.9. The van der Waals surface area contributed by atoms with Crippen molar-refractivity contribution in [3.8, 4) is 0 Å². The summed E-state index contributed by atoms with van der Waals surface area (Å²) in [5.74, 6) is -0.885. The Morgan fingerprint density at radius 3 is 1.02 bits per heavy atom. The lowest BCUT2D eigenvalue weighted by Crippen LogP contribution is -2.30. The van der Waals surface area contributed by atoms with E-state index in [2.05, 4.69) is 57.2 Å². The molecule has 0 aliphatic carbocycles. The number of rotatable bonds is 47. The molecule has 6 heteroatoms. The second kappa shape index (κ2) is 49.3. The van der Waals surface area contributed by atoms with Crippen LogP contribution in [0, 0.1) is 0 Å². The Kier molecular flexibility index (Phi) is 47.3. The lowest BCUT2D eigenvalue weighted by molar-refractivity contribution is -0.167. The molecule has 1 atom stereocenters. The fourth-order valence-corrected chi connectivity index (χ4v) is 7.52. The third-order valence-corrected chi connectivity index (χ3v) is 11.4. The normalized spacial score (nSPS) is 12.2. The minimum Gasteiger partial charge on any atom is -0.462 e. The maximum Gasteiger partial charge on any atom is 0.306 e. The Labute approximate surface area is 372 Å². The molecule has 0 radical (unpaired) electrons. The monoisotopic (exact) mass is 843 g/mol. The first-order valence-electron chi connectivity index (χ1n) is 26.0. The topological polar surface area (TPSA) is 78.9 Å². The zero-order valence-corrected chi connectivity index (χ0v) is 40.0. The molecule has 0 fully saturated rings. The predicted octanol–water partition coefficient (Wildman–Crippen LogP) is 16.9. The Morgan fingerprint density at radius 2 is 0.650 bits per heavy atom. The van der Waals surface area contributed by atoms with Crippen LogP contribution in [0.3, 0.4) is 0 Å². The van der Waals surface area contributed by atoms with Crippen molar-refractivity contribution < 1.29 is 28.6 Å². The third-order valence-electron chi connectivity index (χ3n) is 11.4. The van der Waals surface area contributed by atoms with E-state index < -0.39 is 6.10 Å². The average Bonchev–Trinajstić information content (AvgIpc) is 3.24. The number of hydrogen-bond acceptors (Lipinski definition) is 6. The summed E-state index contributed by atoms with van der Waals surface area (Å²) in [7, 11) is 0. The summed E-state index contributed by atoms with van der Waals surface area (Å²) in [6, 6.07) is 0. The maximum atomic E-state index is 12.8. The highest BCUT2D eigenvalue weighted by Gasteiger charge is 2.19. The molecule has 0 heterocycles. The number of carbonyl (C=O) groups excluding carboxylic acids is 3. The van der Waals surface area contributed by atoms with Crippen molar-refractivity contribution in [3.63, 3.8) is 0 Å². The fraction of sp³-hybridized carbons (Fsp3) is 0.833. The van der Waals surface area contributed by atoms with Gasteiger partial charge in [-0.3, -0.25) is 14.4 Å². The largest absolute Gasteiger partial charge is 0.462 e. The molecule has 0 aromatic heterocycles. The van der Waals surface area contributed by atoms with Crippen LogP contribution in [0.25, 0.3) is 0 Å². The summed E-state index contributed by atoms with van der Waals surface area (Å²) in [5, 5.41) is 0. The van der Waals surface area contributed by atoms with E-state index in [0.29, 0.717) is 19.3 Å². The molecule has 6 nitrogen and oxygen atoms in total. The lowest BCUT2D eigenvalue weighted by Gasteiger charge is -2.18. The van der Waals surface area contributed by atoms with E-state index >= 15 is 0 Å². The molecule has 0 N–H and O–H groups in total. The van der Waals surface area contributed by atoms with Gasteiger partial charge < -0.3 is 14.2 Å². The summed E-state index contributed by atoms with van der Waals surface area (Å²) in [6.45, 7) is 6.53. The highest BCUT2D eigenvalue weighted by molar-refractivity contribution is 5.71. The van der Waals surface area contributed by atoms with Gasteiger partial charge in [-0.05, 0) is 51.4 Å². The fourth-order valence-electron chi connectivity index (χ4n) is 7.52. The second-order valence-corrected chi connectivity index (χ2v) is 17.4. The Bertz CT molecular complexity index is 1020. The van der Waals surface area contributed by atoms with Gasteiger partial charge in [-0.15, -0.1) is 0 Å². The lowest BCUT2D eigenvalue weighted by atomic mass is 10.0. The Hall–Kier alpha value is -2.37. The second-order valence-electron chi connectivity index (χ2n) is 17.4. The molecule has 0 spiro atoms. The summed E-state index contributed by atoms with van der Waals surface area (Å²) < 4.78 is 16.8. The molecular weight excluding hydrogens is 745 g/mol. The van der Waals surface area contributed by atoms with Crippen molar-refractivity contribution in [2.24, 2.45) is 0 Å². The first-order chi connectivity index (χ1) is 29.5. The predicted molar refractivity (Wildman–Crippen MR) is 256 cm³/mol. The van der Waals surface area contributed by atoms with Gasteiger partial charge in [-0.2, -0.15) is 0 Å². The molecule has 0 aromatic carbocycles. The van der Waals surface area contributed by atoms with Gasteiger partial charge in [-0.1, -0.05) is 237 Å². The highest BCUT2D eigenvalue weighted by atomic mass is 16.6. The van der Waals surface area contributed by atoms with Gasteiger partial charge >= 0.3 is 17.9 Å². The van der Waals surface area contributed by atoms with E-state index in [1.807, 2.05) is 0 Å². The maximum absolute atomic E-state index is 12.8. The van der Waals surface area contributed by atoms with Gasteiger partial charge in [0, 0.05) is 19.3 Å². The van der Waals surface area contributed by atoms with Crippen molar-refractivity contribution in [2.75, 3.05) is 13.2 Å². The van der Waals surface area contributed by atoms with Crippen LogP contribution in [0.4, 0.5) is 0 Å². The first-order valence-corrected chi connectivity index (χ1v) is 26.0. The van der Waals surface area contributed by atoms with E-state index in [9.17, 15) is 14.4 Å². The molecule has 0 saturated heterocycles. The zero-order valence-electron chi connectivity index (χ0n) is 40.0. The Morgan fingerprint density at radius 1 is 0.350 bits per heavy atom. The smallest absolute Gasteiger partial charge is 0.306 e. The van der Waals surface area contributed by atoms with E-state index in [1.54, 1.807) is 0 Å². The molecule has 0 bridgehead atoms. The van der Waals surface area contributed by atoms with Crippen molar-refractivity contribution in [3.05, 3.63) is 36.5 Å². The van der Waals surface area contributed by atoms with E-state index in [0.717, 1.165) is 89.9 Å². The number of hydrogen-bond donors (Lipinski definition) is 0. The zero-order chi connectivity index (χ0) is 43.7. The number of ether oxygens (including phenoxy) is 3. The van der Waals surface area contributed by atoms with E-state index in [4.69, 9.17) is 14.2 Å². The Balaban J connectivity index is 4.37. The van der Waals surface area contributed by atoms with E-state index in [1.165, 1.54) is 141 Å². The molecule has 0 amide bonds. The van der Waals surface area contributed by atoms with Crippen LogP contribution >= 0.6 is 0 Å². The first kappa shape index (κ1) is 57.6. The third kappa shape index (κ3) is 46.7. The number of esters is 3. The molecule has 1 unspecified atom stereocenters. The van der Waals surface area contributed by atoms with Crippen molar-refractivity contribution in [2.45, 2.75) is 277 Å².